The van der Waals surface area contributed by atoms with Gasteiger partial charge in [0.1, 0.15) is 5.41 Å². The molecule has 0 heterocycles. The maximum absolute atomic E-state index is 13.4. The highest BCUT2D eigenvalue weighted by molar-refractivity contribution is 6.14. The van der Waals surface area contributed by atoms with Crippen molar-refractivity contribution in [2.45, 2.75) is 12.8 Å². The van der Waals surface area contributed by atoms with Crippen molar-refractivity contribution in [2.75, 3.05) is 0 Å². The van der Waals surface area contributed by atoms with Crippen molar-refractivity contribution >= 4 is 33.4 Å². The number of primary amides is 2. The highest BCUT2D eigenvalue weighted by Gasteiger charge is 2.47. The smallest absolute Gasteiger partial charge is 0.233 e. The number of carbonyl (C=O) groups is 2. The van der Waals surface area contributed by atoms with Gasteiger partial charge in [-0.05, 0) is 91.0 Å². The van der Waals surface area contributed by atoms with Gasteiger partial charge in [-0.15, -0.1) is 0 Å². The molecule has 6 aromatic rings. The molecule has 0 fully saturated rings. The first kappa shape index (κ1) is 24.8. The topological polar surface area (TPSA) is 86.2 Å². The molecule has 4 nitrogen and oxygen atoms in total. The SMILES string of the molecule is NC(=O)C1(C(N)=O)Cc2c(-c3ccccc3)cc3ccccc3c2-c2c(c(-c3ccccc3)cc3ccccc23)C1. The molecule has 0 unspecified atom stereocenters. The number of carbonyl (C=O) groups excluding carboxylic acids is 2. The number of benzene rings is 6. The minimum atomic E-state index is -1.61. The van der Waals surface area contributed by atoms with E-state index >= 15 is 0 Å². The number of fused-ring (bicyclic) bond motifs is 7. The summed E-state index contributed by atoms with van der Waals surface area (Å²) in [6.07, 6.45) is 0.221. The quantitative estimate of drug-likeness (QED) is 0.238. The third kappa shape index (κ3) is 3.83. The molecule has 6 aromatic carbocycles. The largest absolute Gasteiger partial charge is 0.369 e. The fourth-order valence-electron chi connectivity index (χ4n) is 6.61. The average molecular weight is 533 g/mol. The van der Waals surface area contributed by atoms with Gasteiger partial charge in [-0.1, -0.05) is 109 Å². The molecule has 0 aliphatic heterocycles. The number of nitrogens with two attached hydrogens (primary N) is 2. The molecule has 0 atom stereocenters. The van der Waals surface area contributed by atoms with Gasteiger partial charge in [0.2, 0.25) is 11.8 Å². The molecule has 4 N–H and O–H groups in total. The Morgan fingerprint density at radius 2 is 0.878 bits per heavy atom. The lowest BCUT2D eigenvalue weighted by Crippen LogP contribution is -2.50. The van der Waals surface area contributed by atoms with Crippen LogP contribution < -0.4 is 11.5 Å². The molecule has 4 heteroatoms. The van der Waals surface area contributed by atoms with Crippen molar-refractivity contribution in [3.8, 4) is 33.4 Å². The first-order valence-corrected chi connectivity index (χ1v) is 13.8. The Hall–Kier alpha value is -5.22. The van der Waals surface area contributed by atoms with Crippen molar-refractivity contribution in [2.24, 2.45) is 16.9 Å². The van der Waals surface area contributed by atoms with E-state index in [9.17, 15) is 9.59 Å². The molecule has 0 bridgehead atoms. The van der Waals surface area contributed by atoms with Gasteiger partial charge in [-0.25, -0.2) is 0 Å². The van der Waals surface area contributed by atoms with Crippen LogP contribution in [0.2, 0.25) is 0 Å². The first-order chi connectivity index (χ1) is 20.0. The summed E-state index contributed by atoms with van der Waals surface area (Å²) in [4.78, 5) is 26.9. The van der Waals surface area contributed by atoms with Crippen LogP contribution >= 0.6 is 0 Å². The summed E-state index contributed by atoms with van der Waals surface area (Å²) >= 11 is 0. The van der Waals surface area contributed by atoms with E-state index in [1.807, 2.05) is 60.7 Å². The molecular formula is C37H28N2O2. The van der Waals surface area contributed by atoms with Crippen LogP contribution in [0.3, 0.4) is 0 Å². The lowest BCUT2D eigenvalue weighted by Gasteiger charge is -2.28. The predicted molar refractivity (Wildman–Crippen MR) is 166 cm³/mol. The lowest BCUT2D eigenvalue weighted by atomic mass is 9.74. The van der Waals surface area contributed by atoms with E-state index in [0.717, 1.165) is 66.1 Å². The van der Waals surface area contributed by atoms with E-state index in [-0.39, 0.29) is 12.8 Å². The molecule has 2 amide bonds. The van der Waals surface area contributed by atoms with Crippen LogP contribution in [0.25, 0.3) is 54.9 Å². The summed E-state index contributed by atoms with van der Waals surface area (Å²) in [5.74, 6) is -1.41. The van der Waals surface area contributed by atoms with Gasteiger partial charge >= 0.3 is 0 Å². The van der Waals surface area contributed by atoms with Crippen LogP contribution in [0, 0.1) is 5.41 Å². The third-order valence-corrected chi connectivity index (χ3v) is 8.63. The van der Waals surface area contributed by atoms with Gasteiger partial charge in [0.05, 0.1) is 0 Å². The standard InChI is InChI=1S/C37H28N2O2/c38-35(40)37(36(39)41)21-31-29(23-11-3-1-4-12-23)19-25-15-7-9-17-27(25)33(31)34-28-18-10-8-16-26(28)20-30(32(34)22-37)24-13-5-2-6-14-24/h1-20H,21-22H2,(H2,38,40)(H2,39,41). The maximum atomic E-state index is 13.4. The summed E-state index contributed by atoms with van der Waals surface area (Å²) in [7, 11) is 0. The second-order valence-electron chi connectivity index (χ2n) is 10.9. The fourth-order valence-corrected chi connectivity index (χ4v) is 6.61. The highest BCUT2D eigenvalue weighted by Crippen LogP contribution is 2.51. The Labute approximate surface area is 238 Å². The maximum Gasteiger partial charge on any atom is 0.233 e. The zero-order valence-electron chi connectivity index (χ0n) is 22.4. The second-order valence-corrected chi connectivity index (χ2v) is 10.9. The van der Waals surface area contributed by atoms with E-state index in [2.05, 4.69) is 60.7 Å². The van der Waals surface area contributed by atoms with Crippen molar-refractivity contribution in [1.82, 2.24) is 0 Å². The highest BCUT2D eigenvalue weighted by atomic mass is 16.2. The Kier molecular flexibility index (Phi) is 5.72. The Balaban J connectivity index is 1.75. The molecule has 0 saturated heterocycles. The monoisotopic (exact) mass is 532 g/mol. The van der Waals surface area contributed by atoms with Gasteiger partial charge in [0.15, 0.2) is 0 Å². The first-order valence-electron chi connectivity index (χ1n) is 13.8. The van der Waals surface area contributed by atoms with Gasteiger partial charge in [-0.3, -0.25) is 9.59 Å². The molecule has 198 valence electrons. The normalized spacial score (nSPS) is 13.8. The lowest BCUT2D eigenvalue weighted by molar-refractivity contribution is -0.139. The third-order valence-electron chi connectivity index (χ3n) is 8.63. The van der Waals surface area contributed by atoms with E-state index in [4.69, 9.17) is 11.5 Å². The van der Waals surface area contributed by atoms with Gasteiger partial charge in [0, 0.05) is 0 Å². The molecule has 0 aromatic heterocycles. The predicted octanol–water partition coefficient (Wildman–Crippen LogP) is 7.05. The summed E-state index contributed by atoms with van der Waals surface area (Å²) in [5.41, 5.74) is 18.5. The number of amides is 2. The van der Waals surface area contributed by atoms with Crippen molar-refractivity contribution in [3.63, 3.8) is 0 Å². The van der Waals surface area contributed by atoms with E-state index in [1.54, 1.807) is 0 Å². The minimum absolute atomic E-state index is 0.110. The molecule has 0 spiro atoms. The van der Waals surface area contributed by atoms with Crippen LogP contribution in [0.15, 0.2) is 121 Å². The minimum Gasteiger partial charge on any atom is -0.369 e. The van der Waals surface area contributed by atoms with Crippen molar-refractivity contribution < 1.29 is 9.59 Å². The van der Waals surface area contributed by atoms with Crippen molar-refractivity contribution in [1.29, 1.82) is 0 Å². The number of rotatable bonds is 4. The average Bonchev–Trinajstić information content (AvgIpc) is 3.18. The number of hydrogen-bond acceptors (Lipinski definition) is 2. The van der Waals surface area contributed by atoms with Crippen LogP contribution in [-0.4, -0.2) is 11.8 Å². The molecule has 1 aliphatic rings. The molecule has 41 heavy (non-hydrogen) atoms. The van der Waals surface area contributed by atoms with Crippen LogP contribution in [0.4, 0.5) is 0 Å². The van der Waals surface area contributed by atoms with E-state index < -0.39 is 17.2 Å². The molecule has 0 radical (unpaired) electrons. The summed E-state index contributed by atoms with van der Waals surface area (Å²) in [5, 5.41) is 4.28. The van der Waals surface area contributed by atoms with Gasteiger partial charge < -0.3 is 11.5 Å². The van der Waals surface area contributed by atoms with Gasteiger partial charge in [0.25, 0.3) is 0 Å². The van der Waals surface area contributed by atoms with Crippen LogP contribution in [0.1, 0.15) is 11.1 Å². The van der Waals surface area contributed by atoms with E-state index in [0.29, 0.717) is 0 Å². The molecule has 1 aliphatic carbocycles. The van der Waals surface area contributed by atoms with Crippen LogP contribution in [-0.2, 0) is 22.4 Å². The summed E-state index contributed by atoms with van der Waals surface area (Å²) in [6.45, 7) is 0. The zero-order chi connectivity index (χ0) is 28.1. The Morgan fingerprint density at radius 1 is 0.512 bits per heavy atom. The molecule has 7 rings (SSSR count). The Bertz CT molecular complexity index is 1850. The van der Waals surface area contributed by atoms with E-state index in [1.165, 1.54) is 0 Å². The Morgan fingerprint density at radius 3 is 1.27 bits per heavy atom. The summed E-state index contributed by atoms with van der Waals surface area (Å²) in [6, 6.07) is 41.1. The zero-order valence-corrected chi connectivity index (χ0v) is 22.4. The van der Waals surface area contributed by atoms with Gasteiger partial charge in [-0.2, -0.15) is 0 Å². The second kappa shape index (κ2) is 9.46. The number of hydrogen-bond donors (Lipinski definition) is 2. The molecule has 0 saturated carbocycles. The van der Waals surface area contributed by atoms with Crippen LogP contribution in [0.5, 0.6) is 0 Å². The van der Waals surface area contributed by atoms with Crippen molar-refractivity contribution in [3.05, 3.63) is 132 Å². The summed E-state index contributed by atoms with van der Waals surface area (Å²) < 4.78 is 0. The molecular weight excluding hydrogens is 504 g/mol. The fraction of sp³-hybridized carbons (Fsp3) is 0.0811.